The Kier molecular flexibility index (Phi) is 8.53. The van der Waals surface area contributed by atoms with Crippen LogP contribution in [0.4, 0.5) is 5.69 Å². The van der Waals surface area contributed by atoms with E-state index < -0.39 is 28.5 Å². The number of benzene rings is 3. The Morgan fingerprint density at radius 2 is 1.53 bits per heavy atom. The van der Waals surface area contributed by atoms with Gasteiger partial charge < -0.3 is 10.2 Å². The number of amides is 2. The quantitative estimate of drug-likeness (QED) is 0.475. The van der Waals surface area contributed by atoms with E-state index in [0.29, 0.717) is 5.69 Å². The van der Waals surface area contributed by atoms with Crippen LogP contribution in [0, 0.1) is 20.8 Å². The molecule has 36 heavy (non-hydrogen) atoms. The van der Waals surface area contributed by atoms with Gasteiger partial charge in [-0.2, -0.15) is 0 Å². The maximum atomic E-state index is 13.7. The van der Waals surface area contributed by atoms with E-state index in [2.05, 4.69) is 5.32 Å². The molecule has 0 bridgehead atoms. The fourth-order valence-electron chi connectivity index (χ4n) is 3.81. The van der Waals surface area contributed by atoms with Crippen LogP contribution in [0.15, 0.2) is 77.7 Å². The van der Waals surface area contributed by atoms with Crippen molar-refractivity contribution in [3.63, 3.8) is 0 Å². The van der Waals surface area contributed by atoms with Crippen LogP contribution in [0.2, 0.25) is 0 Å². The lowest BCUT2D eigenvalue weighted by Crippen LogP contribution is -2.50. The zero-order valence-corrected chi connectivity index (χ0v) is 22.2. The van der Waals surface area contributed by atoms with E-state index in [4.69, 9.17) is 0 Å². The first-order valence-corrected chi connectivity index (χ1v) is 13.2. The number of nitrogens with zero attached hydrogens (tertiary/aromatic N) is 2. The maximum absolute atomic E-state index is 13.7. The third kappa shape index (κ3) is 6.12. The number of likely N-dealkylation sites (N-methyl/N-ethyl adjacent to an activating group) is 1. The number of sulfonamides is 1. The number of hydrogen-bond donors (Lipinski definition) is 1. The van der Waals surface area contributed by atoms with Crippen molar-refractivity contribution < 1.29 is 18.0 Å². The minimum atomic E-state index is -4.06. The summed E-state index contributed by atoms with van der Waals surface area (Å²) in [5.74, 6) is -0.816. The Bertz CT molecular complexity index is 1320. The highest BCUT2D eigenvalue weighted by atomic mass is 32.2. The van der Waals surface area contributed by atoms with E-state index >= 15 is 0 Å². The molecule has 0 spiro atoms. The van der Waals surface area contributed by atoms with Crippen LogP contribution < -0.4 is 9.62 Å². The van der Waals surface area contributed by atoms with E-state index in [1.165, 1.54) is 24.1 Å². The molecule has 1 unspecified atom stereocenters. The Labute approximate surface area is 213 Å². The number of nitrogens with one attached hydrogen (secondary N) is 1. The first-order valence-electron chi connectivity index (χ1n) is 11.8. The second kappa shape index (κ2) is 11.4. The smallest absolute Gasteiger partial charge is 0.264 e. The van der Waals surface area contributed by atoms with Gasteiger partial charge in [-0.25, -0.2) is 8.42 Å². The van der Waals surface area contributed by atoms with E-state index in [1.54, 1.807) is 37.3 Å². The van der Waals surface area contributed by atoms with Crippen molar-refractivity contribution >= 4 is 27.5 Å². The Balaban J connectivity index is 2.04. The SMILES string of the molecule is CNC(=O)C(C)N(Cc1ccc(C)cc1)C(=O)CN(c1ccc(C)c(C)c1)S(=O)(=O)c1ccccc1. The van der Waals surface area contributed by atoms with Crippen LogP contribution in [0.3, 0.4) is 0 Å². The number of rotatable bonds is 9. The highest BCUT2D eigenvalue weighted by Crippen LogP contribution is 2.26. The first-order chi connectivity index (χ1) is 17.0. The molecule has 0 fully saturated rings. The monoisotopic (exact) mass is 507 g/mol. The molecule has 8 heteroatoms. The second-order valence-corrected chi connectivity index (χ2v) is 10.8. The summed E-state index contributed by atoms with van der Waals surface area (Å²) in [4.78, 5) is 27.7. The lowest BCUT2D eigenvalue weighted by Gasteiger charge is -2.32. The van der Waals surface area contributed by atoms with Crippen molar-refractivity contribution in [2.45, 2.75) is 45.2 Å². The summed E-state index contributed by atoms with van der Waals surface area (Å²) < 4.78 is 28.6. The summed E-state index contributed by atoms with van der Waals surface area (Å²) in [6.45, 7) is 7.15. The largest absolute Gasteiger partial charge is 0.357 e. The lowest BCUT2D eigenvalue weighted by atomic mass is 10.1. The van der Waals surface area contributed by atoms with Gasteiger partial charge in [0.05, 0.1) is 10.6 Å². The molecule has 3 aromatic carbocycles. The zero-order chi connectivity index (χ0) is 26.5. The van der Waals surface area contributed by atoms with Crippen molar-refractivity contribution in [2.75, 3.05) is 17.9 Å². The molecule has 190 valence electrons. The van der Waals surface area contributed by atoms with Crippen molar-refractivity contribution in [2.24, 2.45) is 0 Å². The molecule has 0 radical (unpaired) electrons. The van der Waals surface area contributed by atoms with Crippen LogP contribution >= 0.6 is 0 Å². The van der Waals surface area contributed by atoms with E-state index in [0.717, 1.165) is 26.6 Å². The summed E-state index contributed by atoms with van der Waals surface area (Å²) in [6.07, 6.45) is 0. The molecule has 7 nitrogen and oxygen atoms in total. The number of aryl methyl sites for hydroxylation is 3. The Morgan fingerprint density at radius 1 is 0.889 bits per heavy atom. The van der Waals surface area contributed by atoms with Crippen LogP contribution in [0.25, 0.3) is 0 Å². The average molecular weight is 508 g/mol. The molecular weight excluding hydrogens is 474 g/mol. The topological polar surface area (TPSA) is 86.8 Å². The average Bonchev–Trinajstić information content (AvgIpc) is 2.88. The minimum absolute atomic E-state index is 0.0838. The van der Waals surface area contributed by atoms with Gasteiger partial charge in [-0.1, -0.05) is 54.1 Å². The molecule has 3 rings (SSSR count). The van der Waals surface area contributed by atoms with E-state index in [1.807, 2.05) is 51.1 Å². The van der Waals surface area contributed by atoms with Crippen LogP contribution in [0.5, 0.6) is 0 Å². The molecule has 0 aliphatic heterocycles. The molecule has 0 saturated carbocycles. The summed E-state index contributed by atoms with van der Waals surface area (Å²) in [7, 11) is -2.55. The lowest BCUT2D eigenvalue weighted by molar-refractivity contribution is -0.139. The first kappa shape index (κ1) is 26.9. The Hall–Kier alpha value is -3.65. The number of hydrogen-bond acceptors (Lipinski definition) is 4. The molecule has 0 saturated heterocycles. The van der Waals surface area contributed by atoms with Gasteiger partial charge in [0, 0.05) is 13.6 Å². The van der Waals surface area contributed by atoms with E-state index in [-0.39, 0.29) is 17.3 Å². The van der Waals surface area contributed by atoms with Crippen molar-refractivity contribution in [3.05, 3.63) is 95.1 Å². The van der Waals surface area contributed by atoms with Gasteiger partial charge in [0.15, 0.2) is 0 Å². The fraction of sp³-hybridized carbons (Fsp3) is 0.286. The molecule has 1 atom stereocenters. The molecule has 0 heterocycles. The van der Waals surface area contributed by atoms with Crippen LogP contribution in [-0.4, -0.2) is 44.8 Å². The number of carbonyl (C=O) groups is 2. The maximum Gasteiger partial charge on any atom is 0.264 e. The summed E-state index contributed by atoms with van der Waals surface area (Å²) in [6, 6.07) is 20.2. The van der Waals surface area contributed by atoms with Gasteiger partial charge >= 0.3 is 0 Å². The molecule has 1 N–H and O–H groups in total. The highest BCUT2D eigenvalue weighted by Gasteiger charge is 2.32. The summed E-state index contributed by atoms with van der Waals surface area (Å²) in [5.41, 5.74) is 4.22. The number of carbonyl (C=O) groups excluding carboxylic acids is 2. The number of anilines is 1. The standard InChI is InChI=1S/C28H33N3O4S/c1-20-11-14-24(15-12-20)18-30(23(4)28(33)29-5)27(32)19-31(25-16-13-21(2)22(3)17-25)36(34,35)26-9-7-6-8-10-26/h6-17,23H,18-19H2,1-5H3,(H,29,33). The van der Waals surface area contributed by atoms with Crippen molar-refractivity contribution in [3.8, 4) is 0 Å². The zero-order valence-electron chi connectivity index (χ0n) is 21.4. The third-order valence-corrected chi connectivity index (χ3v) is 8.06. The van der Waals surface area contributed by atoms with Gasteiger partial charge in [0.25, 0.3) is 10.0 Å². The summed E-state index contributed by atoms with van der Waals surface area (Å²) >= 11 is 0. The molecule has 0 aliphatic carbocycles. The predicted molar refractivity (Wildman–Crippen MR) is 142 cm³/mol. The van der Waals surface area contributed by atoms with Gasteiger partial charge in [0.1, 0.15) is 12.6 Å². The van der Waals surface area contributed by atoms with Crippen molar-refractivity contribution in [1.29, 1.82) is 0 Å². The Morgan fingerprint density at radius 3 is 2.11 bits per heavy atom. The van der Waals surface area contributed by atoms with Gasteiger partial charge in [0.2, 0.25) is 11.8 Å². The summed E-state index contributed by atoms with van der Waals surface area (Å²) in [5, 5.41) is 2.59. The van der Waals surface area contributed by atoms with Crippen LogP contribution in [-0.2, 0) is 26.2 Å². The molecule has 3 aromatic rings. The van der Waals surface area contributed by atoms with E-state index in [9.17, 15) is 18.0 Å². The second-order valence-electron chi connectivity index (χ2n) is 8.89. The fourth-order valence-corrected chi connectivity index (χ4v) is 5.24. The molecule has 0 aliphatic rings. The molecular formula is C28H33N3O4S. The van der Waals surface area contributed by atoms with Gasteiger partial charge in [-0.3, -0.25) is 13.9 Å². The third-order valence-electron chi connectivity index (χ3n) is 6.28. The highest BCUT2D eigenvalue weighted by molar-refractivity contribution is 7.92. The minimum Gasteiger partial charge on any atom is -0.357 e. The van der Waals surface area contributed by atoms with Gasteiger partial charge in [-0.15, -0.1) is 0 Å². The molecule has 2 amide bonds. The molecule has 0 aromatic heterocycles. The predicted octanol–water partition coefficient (Wildman–Crippen LogP) is 3.97. The normalized spacial score (nSPS) is 12.0. The van der Waals surface area contributed by atoms with Crippen molar-refractivity contribution in [1.82, 2.24) is 10.2 Å². The van der Waals surface area contributed by atoms with Crippen LogP contribution in [0.1, 0.15) is 29.2 Å². The van der Waals surface area contributed by atoms with Gasteiger partial charge in [-0.05, 0) is 68.7 Å².